The molecule has 1 aromatic rings. The largest absolute Gasteiger partial charge is 0.481 e. The monoisotopic (exact) mass is 306 g/mol. The van der Waals surface area contributed by atoms with Gasteiger partial charge >= 0.3 is 5.97 Å². The van der Waals surface area contributed by atoms with Crippen LogP contribution in [0, 0.1) is 16.0 Å². The van der Waals surface area contributed by atoms with Crippen molar-refractivity contribution in [3.8, 4) is 0 Å². The zero-order valence-electron chi connectivity index (χ0n) is 12.0. The van der Waals surface area contributed by atoms with Crippen LogP contribution in [0.25, 0.3) is 0 Å². The molecule has 1 aromatic carbocycles. The second kappa shape index (κ2) is 7.02. The number of nitrogens with zero attached hydrogens (tertiary/aromatic N) is 1. The molecule has 0 aliphatic heterocycles. The summed E-state index contributed by atoms with van der Waals surface area (Å²) in [5, 5.41) is 22.4. The van der Waals surface area contributed by atoms with E-state index in [2.05, 4.69) is 5.32 Å². The Balaban J connectivity index is 2.02. The SMILES string of the molecule is O=C(O)CC1CCCCC1NC(=O)c1ccc([N+](=O)[O-])cc1. The van der Waals surface area contributed by atoms with Gasteiger partial charge in [0, 0.05) is 23.7 Å². The maximum Gasteiger partial charge on any atom is 0.303 e. The molecule has 7 nitrogen and oxygen atoms in total. The number of amides is 1. The first-order valence-corrected chi connectivity index (χ1v) is 7.24. The molecule has 0 spiro atoms. The van der Waals surface area contributed by atoms with Gasteiger partial charge in [0.05, 0.1) is 11.3 Å². The zero-order valence-corrected chi connectivity index (χ0v) is 12.0. The van der Waals surface area contributed by atoms with E-state index in [1.54, 1.807) is 0 Å². The lowest BCUT2D eigenvalue weighted by Gasteiger charge is -2.31. The van der Waals surface area contributed by atoms with E-state index in [1.807, 2.05) is 0 Å². The van der Waals surface area contributed by atoms with Crippen LogP contribution in [0.3, 0.4) is 0 Å². The van der Waals surface area contributed by atoms with Gasteiger partial charge in [-0.15, -0.1) is 0 Å². The predicted octanol–water partition coefficient (Wildman–Crippen LogP) is 2.36. The fourth-order valence-corrected chi connectivity index (χ4v) is 2.85. The minimum absolute atomic E-state index is 0.0468. The Hall–Kier alpha value is -2.44. The van der Waals surface area contributed by atoms with Crippen molar-refractivity contribution in [2.24, 2.45) is 5.92 Å². The highest BCUT2D eigenvalue weighted by molar-refractivity contribution is 5.94. The normalized spacial score (nSPS) is 21.1. The van der Waals surface area contributed by atoms with Crippen LogP contribution in [-0.4, -0.2) is 27.9 Å². The van der Waals surface area contributed by atoms with Crippen LogP contribution in [0.4, 0.5) is 5.69 Å². The first-order valence-electron chi connectivity index (χ1n) is 7.24. The molecule has 118 valence electrons. The summed E-state index contributed by atoms with van der Waals surface area (Å²) in [6.45, 7) is 0. The molecular formula is C15H18N2O5. The smallest absolute Gasteiger partial charge is 0.303 e. The summed E-state index contributed by atoms with van der Waals surface area (Å²) in [4.78, 5) is 33.2. The first-order chi connectivity index (χ1) is 10.5. The predicted molar refractivity (Wildman–Crippen MR) is 78.6 cm³/mol. The Bertz CT molecular complexity index is 570. The molecule has 1 aliphatic rings. The lowest BCUT2D eigenvalue weighted by atomic mass is 9.82. The summed E-state index contributed by atoms with van der Waals surface area (Å²) in [6.07, 6.45) is 3.53. The lowest BCUT2D eigenvalue weighted by Crippen LogP contribution is -2.42. The summed E-state index contributed by atoms with van der Waals surface area (Å²) in [7, 11) is 0. The molecule has 1 amide bonds. The summed E-state index contributed by atoms with van der Waals surface area (Å²) in [5.74, 6) is -1.24. The van der Waals surface area contributed by atoms with Gasteiger partial charge < -0.3 is 10.4 Å². The molecule has 0 saturated heterocycles. The minimum Gasteiger partial charge on any atom is -0.481 e. The third-order valence-corrected chi connectivity index (χ3v) is 4.00. The van der Waals surface area contributed by atoms with Gasteiger partial charge in [-0.2, -0.15) is 0 Å². The molecule has 0 radical (unpaired) electrons. The Labute approximate surface area is 127 Å². The third kappa shape index (κ3) is 4.03. The maximum atomic E-state index is 12.2. The molecule has 1 aliphatic carbocycles. The molecule has 0 aromatic heterocycles. The number of carbonyl (C=O) groups excluding carboxylic acids is 1. The van der Waals surface area contributed by atoms with E-state index in [0.29, 0.717) is 5.56 Å². The molecule has 0 bridgehead atoms. The molecule has 2 rings (SSSR count). The zero-order chi connectivity index (χ0) is 16.1. The van der Waals surface area contributed by atoms with Gasteiger partial charge in [-0.3, -0.25) is 19.7 Å². The van der Waals surface area contributed by atoms with Crippen molar-refractivity contribution in [1.29, 1.82) is 0 Å². The molecule has 2 N–H and O–H groups in total. The molecule has 0 heterocycles. The maximum absolute atomic E-state index is 12.2. The van der Waals surface area contributed by atoms with Gasteiger partial charge in [0.25, 0.3) is 11.6 Å². The van der Waals surface area contributed by atoms with E-state index in [1.165, 1.54) is 24.3 Å². The standard InChI is InChI=1S/C15H18N2O5/c18-14(19)9-11-3-1-2-4-13(11)16-15(20)10-5-7-12(8-6-10)17(21)22/h5-8,11,13H,1-4,9H2,(H,16,20)(H,18,19). The number of carboxylic acids is 1. The Morgan fingerprint density at radius 2 is 1.86 bits per heavy atom. The van der Waals surface area contributed by atoms with Gasteiger partial charge in [0.15, 0.2) is 0 Å². The molecular weight excluding hydrogens is 288 g/mol. The van der Waals surface area contributed by atoms with Gasteiger partial charge in [0.2, 0.25) is 0 Å². The third-order valence-electron chi connectivity index (χ3n) is 4.00. The van der Waals surface area contributed by atoms with E-state index in [4.69, 9.17) is 5.11 Å². The minimum atomic E-state index is -0.860. The van der Waals surface area contributed by atoms with E-state index >= 15 is 0 Å². The van der Waals surface area contributed by atoms with Gasteiger partial charge in [0.1, 0.15) is 0 Å². The van der Waals surface area contributed by atoms with Crippen LogP contribution in [-0.2, 0) is 4.79 Å². The van der Waals surface area contributed by atoms with Crippen molar-refractivity contribution >= 4 is 17.6 Å². The summed E-state index contributed by atoms with van der Waals surface area (Å²) in [6, 6.07) is 5.22. The van der Waals surface area contributed by atoms with Crippen molar-refractivity contribution in [3.63, 3.8) is 0 Å². The van der Waals surface area contributed by atoms with Crippen LogP contribution < -0.4 is 5.32 Å². The Kier molecular flexibility index (Phi) is 5.08. The van der Waals surface area contributed by atoms with Crippen molar-refractivity contribution < 1.29 is 19.6 Å². The fourth-order valence-electron chi connectivity index (χ4n) is 2.85. The number of aliphatic carboxylic acids is 1. The Morgan fingerprint density at radius 3 is 2.45 bits per heavy atom. The van der Waals surface area contributed by atoms with Crippen molar-refractivity contribution in [2.45, 2.75) is 38.1 Å². The van der Waals surface area contributed by atoms with E-state index < -0.39 is 10.9 Å². The van der Waals surface area contributed by atoms with E-state index in [-0.39, 0.29) is 30.0 Å². The van der Waals surface area contributed by atoms with Crippen LogP contribution in [0.2, 0.25) is 0 Å². The van der Waals surface area contributed by atoms with Crippen LogP contribution in [0.5, 0.6) is 0 Å². The topological polar surface area (TPSA) is 110 Å². The fraction of sp³-hybridized carbons (Fsp3) is 0.467. The summed E-state index contributed by atoms with van der Waals surface area (Å²) in [5.41, 5.74) is 0.267. The number of benzene rings is 1. The van der Waals surface area contributed by atoms with E-state index in [0.717, 1.165) is 25.7 Å². The Morgan fingerprint density at radius 1 is 1.23 bits per heavy atom. The van der Waals surface area contributed by atoms with E-state index in [9.17, 15) is 19.7 Å². The first kappa shape index (κ1) is 15.9. The number of carboxylic acid groups (broad SMARTS) is 1. The number of carbonyl (C=O) groups is 2. The van der Waals surface area contributed by atoms with Crippen LogP contribution in [0.15, 0.2) is 24.3 Å². The van der Waals surface area contributed by atoms with Crippen molar-refractivity contribution in [1.82, 2.24) is 5.32 Å². The molecule has 1 saturated carbocycles. The number of hydrogen-bond donors (Lipinski definition) is 2. The van der Waals surface area contributed by atoms with Crippen molar-refractivity contribution in [3.05, 3.63) is 39.9 Å². The second-order valence-corrected chi connectivity index (χ2v) is 5.53. The summed E-state index contributed by atoms with van der Waals surface area (Å²) >= 11 is 0. The van der Waals surface area contributed by atoms with Gasteiger partial charge in [-0.1, -0.05) is 12.8 Å². The number of nitro groups is 1. The quantitative estimate of drug-likeness (QED) is 0.641. The highest BCUT2D eigenvalue weighted by Gasteiger charge is 2.28. The molecule has 2 unspecified atom stereocenters. The van der Waals surface area contributed by atoms with Crippen molar-refractivity contribution in [2.75, 3.05) is 0 Å². The number of nitro benzene ring substituents is 1. The average molecular weight is 306 g/mol. The number of nitrogens with one attached hydrogen (secondary N) is 1. The number of hydrogen-bond acceptors (Lipinski definition) is 4. The van der Waals surface area contributed by atoms with Gasteiger partial charge in [-0.05, 0) is 30.9 Å². The summed E-state index contributed by atoms with van der Waals surface area (Å²) < 4.78 is 0. The lowest BCUT2D eigenvalue weighted by molar-refractivity contribution is -0.384. The average Bonchev–Trinajstić information content (AvgIpc) is 2.48. The molecule has 22 heavy (non-hydrogen) atoms. The van der Waals surface area contributed by atoms with Crippen LogP contribution >= 0.6 is 0 Å². The highest BCUT2D eigenvalue weighted by atomic mass is 16.6. The number of rotatable bonds is 5. The number of non-ortho nitro benzene ring substituents is 1. The second-order valence-electron chi connectivity index (χ2n) is 5.53. The van der Waals surface area contributed by atoms with Crippen LogP contribution in [0.1, 0.15) is 42.5 Å². The molecule has 7 heteroatoms. The van der Waals surface area contributed by atoms with Gasteiger partial charge in [-0.25, -0.2) is 0 Å². The highest BCUT2D eigenvalue weighted by Crippen LogP contribution is 2.27. The molecule has 1 fully saturated rings. The molecule has 2 atom stereocenters.